The molecule has 1 fully saturated rings. The molecule has 0 unspecified atom stereocenters. The number of hydrogen-bond donors (Lipinski definition) is 1. The second-order valence-electron chi connectivity index (χ2n) is 7.41. The molecule has 2 N–H and O–H groups in total. The van der Waals surface area contributed by atoms with Gasteiger partial charge in [0.1, 0.15) is 0 Å². The van der Waals surface area contributed by atoms with E-state index in [0.29, 0.717) is 12.5 Å². The average Bonchev–Trinajstić information content (AvgIpc) is 2.78. The molecule has 0 saturated heterocycles. The van der Waals surface area contributed by atoms with Gasteiger partial charge in [-0.15, -0.1) is 0 Å². The number of carbonyl (C=O) groups excluding carboxylic acids is 1. The van der Waals surface area contributed by atoms with Gasteiger partial charge in [0.2, 0.25) is 5.91 Å². The minimum Gasteiger partial charge on any atom is -0.399 e. The largest absolute Gasteiger partial charge is 0.399 e. The highest BCUT2D eigenvalue weighted by atomic mass is 16.2. The summed E-state index contributed by atoms with van der Waals surface area (Å²) >= 11 is 0. The molecule has 108 valence electrons. The predicted molar refractivity (Wildman–Crippen MR) is 81.0 cm³/mol. The van der Waals surface area contributed by atoms with Crippen molar-refractivity contribution in [1.29, 1.82) is 0 Å². The molecule has 0 atom stereocenters. The molecule has 3 rings (SSSR count). The highest BCUT2D eigenvalue weighted by Gasteiger charge is 2.68. The van der Waals surface area contributed by atoms with Crippen LogP contribution in [0, 0.1) is 16.7 Å². The lowest BCUT2D eigenvalue weighted by molar-refractivity contribution is -0.134. The van der Waals surface area contributed by atoms with Gasteiger partial charge in [-0.2, -0.15) is 0 Å². The summed E-state index contributed by atoms with van der Waals surface area (Å²) < 4.78 is 0. The molecule has 1 aromatic carbocycles. The van der Waals surface area contributed by atoms with Crippen molar-refractivity contribution in [2.24, 2.45) is 16.7 Å². The third-order valence-corrected chi connectivity index (χ3v) is 5.82. The van der Waals surface area contributed by atoms with Crippen LogP contribution in [0.25, 0.3) is 0 Å². The molecule has 0 bridgehead atoms. The quantitative estimate of drug-likeness (QED) is 0.799. The van der Waals surface area contributed by atoms with Gasteiger partial charge < -0.3 is 10.6 Å². The topological polar surface area (TPSA) is 46.3 Å². The molecule has 3 heteroatoms. The monoisotopic (exact) mass is 272 g/mol. The Morgan fingerprint density at radius 2 is 1.85 bits per heavy atom. The summed E-state index contributed by atoms with van der Waals surface area (Å²) in [7, 11) is 0. The molecular weight excluding hydrogens is 248 g/mol. The SMILES string of the molecule is CC1(C)C(C(=O)N2CCc3ccc(N)cc3C2)C1(C)C. The van der Waals surface area contributed by atoms with Crippen LogP contribution in [0.3, 0.4) is 0 Å². The zero-order valence-electron chi connectivity index (χ0n) is 12.9. The zero-order valence-corrected chi connectivity index (χ0v) is 12.9. The number of nitrogens with two attached hydrogens (primary N) is 1. The third kappa shape index (κ3) is 1.75. The Balaban J connectivity index is 1.80. The summed E-state index contributed by atoms with van der Waals surface area (Å²) in [6.07, 6.45) is 0.939. The van der Waals surface area contributed by atoms with E-state index < -0.39 is 0 Å². The molecule has 3 nitrogen and oxygen atoms in total. The molecule has 1 aliphatic carbocycles. The van der Waals surface area contributed by atoms with Crippen molar-refractivity contribution in [3.8, 4) is 0 Å². The first kappa shape index (κ1) is 13.5. The number of carbonyl (C=O) groups is 1. The van der Waals surface area contributed by atoms with Gasteiger partial charge in [0, 0.05) is 24.7 Å². The van der Waals surface area contributed by atoms with E-state index in [2.05, 4.69) is 33.8 Å². The first-order chi connectivity index (χ1) is 9.25. The number of amides is 1. The second-order valence-corrected chi connectivity index (χ2v) is 7.41. The fourth-order valence-corrected chi connectivity index (χ4v) is 3.76. The fraction of sp³-hybridized carbons (Fsp3) is 0.588. The van der Waals surface area contributed by atoms with E-state index in [1.54, 1.807) is 0 Å². The van der Waals surface area contributed by atoms with Gasteiger partial charge in [-0.1, -0.05) is 33.8 Å². The molecule has 0 spiro atoms. The van der Waals surface area contributed by atoms with Crippen LogP contribution in [-0.2, 0) is 17.8 Å². The lowest BCUT2D eigenvalue weighted by atomic mass is 9.98. The molecule has 1 aromatic rings. The Hall–Kier alpha value is -1.51. The van der Waals surface area contributed by atoms with Crippen molar-refractivity contribution < 1.29 is 4.79 Å². The zero-order chi connectivity index (χ0) is 14.7. The number of anilines is 1. The highest BCUT2D eigenvalue weighted by molar-refractivity contribution is 5.84. The van der Waals surface area contributed by atoms with E-state index in [-0.39, 0.29) is 16.7 Å². The van der Waals surface area contributed by atoms with Crippen molar-refractivity contribution in [2.75, 3.05) is 12.3 Å². The van der Waals surface area contributed by atoms with Crippen LogP contribution in [0.15, 0.2) is 18.2 Å². The molecule has 1 aliphatic heterocycles. The van der Waals surface area contributed by atoms with Crippen LogP contribution in [0.1, 0.15) is 38.8 Å². The van der Waals surface area contributed by atoms with E-state index in [4.69, 9.17) is 5.73 Å². The van der Waals surface area contributed by atoms with Gasteiger partial charge in [-0.3, -0.25) is 4.79 Å². The first-order valence-electron chi connectivity index (χ1n) is 7.41. The number of fused-ring (bicyclic) bond motifs is 1. The number of nitrogen functional groups attached to an aromatic ring is 1. The number of rotatable bonds is 1. The standard InChI is InChI=1S/C17H24N2O/c1-16(2)14(17(16,3)4)15(20)19-8-7-11-5-6-13(18)9-12(11)10-19/h5-6,9,14H,7-8,10,18H2,1-4H3. The maximum absolute atomic E-state index is 12.8. The van der Waals surface area contributed by atoms with Crippen molar-refractivity contribution in [1.82, 2.24) is 4.90 Å². The van der Waals surface area contributed by atoms with E-state index in [1.165, 1.54) is 11.1 Å². The number of nitrogens with zero attached hydrogens (tertiary/aromatic N) is 1. The third-order valence-electron chi connectivity index (χ3n) is 5.82. The summed E-state index contributed by atoms with van der Waals surface area (Å²) in [6, 6.07) is 6.05. The van der Waals surface area contributed by atoms with Gasteiger partial charge in [-0.25, -0.2) is 0 Å². The van der Waals surface area contributed by atoms with Crippen LogP contribution < -0.4 is 5.73 Å². The normalized spacial score (nSPS) is 23.3. The fourth-order valence-electron chi connectivity index (χ4n) is 3.76. The van der Waals surface area contributed by atoms with Crippen molar-refractivity contribution >= 4 is 11.6 Å². The minimum absolute atomic E-state index is 0.111. The van der Waals surface area contributed by atoms with Crippen LogP contribution in [0.5, 0.6) is 0 Å². The van der Waals surface area contributed by atoms with E-state index in [9.17, 15) is 4.79 Å². The maximum Gasteiger partial charge on any atom is 0.227 e. The van der Waals surface area contributed by atoms with Gasteiger partial charge in [-0.05, 0) is 40.5 Å². The van der Waals surface area contributed by atoms with Crippen LogP contribution in [0.2, 0.25) is 0 Å². The first-order valence-corrected chi connectivity index (χ1v) is 7.41. The number of benzene rings is 1. The van der Waals surface area contributed by atoms with Gasteiger partial charge in [0.05, 0.1) is 0 Å². The van der Waals surface area contributed by atoms with Crippen molar-refractivity contribution in [3.63, 3.8) is 0 Å². The lowest BCUT2D eigenvalue weighted by Crippen LogP contribution is -2.38. The Morgan fingerprint density at radius 1 is 1.20 bits per heavy atom. The predicted octanol–water partition coefficient (Wildman–Crippen LogP) is 2.84. The molecule has 0 aromatic heterocycles. The van der Waals surface area contributed by atoms with Gasteiger partial charge in [0.25, 0.3) is 0 Å². The Kier molecular flexibility index (Phi) is 2.69. The molecule has 2 aliphatic rings. The maximum atomic E-state index is 12.8. The highest BCUT2D eigenvalue weighted by Crippen LogP contribution is 2.68. The molecule has 20 heavy (non-hydrogen) atoms. The van der Waals surface area contributed by atoms with Gasteiger partial charge >= 0.3 is 0 Å². The molecular formula is C17H24N2O. The second kappa shape index (κ2) is 4.00. The van der Waals surface area contributed by atoms with E-state index in [0.717, 1.165) is 18.7 Å². The van der Waals surface area contributed by atoms with Crippen LogP contribution >= 0.6 is 0 Å². The van der Waals surface area contributed by atoms with Gasteiger partial charge in [0.15, 0.2) is 0 Å². The summed E-state index contributed by atoms with van der Waals surface area (Å²) in [5.74, 6) is 0.464. The van der Waals surface area contributed by atoms with Crippen molar-refractivity contribution in [3.05, 3.63) is 29.3 Å². The van der Waals surface area contributed by atoms with Crippen LogP contribution in [0.4, 0.5) is 5.69 Å². The lowest BCUT2D eigenvalue weighted by Gasteiger charge is -2.30. The molecule has 1 saturated carbocycles. The Morgan fingerprint density at radius 3 is 2.45 bits per heavy atom. The summed E-state index contributed by atoms with van der Waals surface area (Å²) in [5, 5.41) is 0. The minimum atomic E-state index is 0.111. The smallest absolute Gasteiger partial charge is 0.227 e. The Labute approximate surface area is 121 Å². The molecule has 1 heterocycles. The summed E-state index contributed by atoms with van der Waals surface area (Å²) in [6.45, 7) is 10.3. The Bertz CT molecular complexity index is 560. The summed E-state index contributed by atoms with van der Waals surface area (Å²) in [5.41, 5.74) is 9.40. The number of hydrogen-bond acceptors (Lipinski definition) is 2. The average molecular weight is 272 g/mol. The van der Waals surface area contributed by atoms with Crippen LogP contribution in [-0.4, -0.2) is 17.4 Å². The van der Waals surface area contributed by atoms with Crippen molar-refractivity contribution in [2.45, 2.75) is 40.7 Å². The summed E-state index contributed by atoms with van der Waals surface area (Å²) in [4.78, 5) is 14.8. The van der Waals surface area contributed by atoms with E-state index >= 15 is 0 Å². The molecule has 1 amide bonds. The molecule has 0 radical (unpaired) electrons. The van der Waals surface area contributed by atoms with E-state index in [1.807, 2.05) is 17.0 Å².